The molecule has 1 aromatic rings. The maximum Gasteiger partial charge on any atom is 0.247 e. The molecule has 3 unspecified atom stereocenters. The van der Waals surface area contributed by atoms with E-state index in [1.54, 1.807) is 50.3 Å². The first-order chi connectivity index (χ1) is 19.4. The number of phenolic OH excluding ortho intramolecular Hbond substituents is 1. The van der Waals surface area contributed by atoms with Gasteiger partial charge in [-0.25, -0.2) is 0 Å². The van der Waals surface area contributed by atoms with Crippen molar-refractivity contribution in [3.05, 3.63) is 65.5 Å². The normalized spacial score (nSPS) is 31.8. The van der Waals surface area contributed by atoms with Crippen molar-refractivity contribution in [3.63, 3.8) is 0 Å². The Hall–Kier alpha value is -3.48. The van der Waals surface area contributed by atoms with E-state index in [9.17, 15) is 30.3 Å². The predicted octanol–water partition coefficient (Wildman–Crippen LogP) is 1.84. The van der Waals surface area contributed by atoms with Crippen molar-refractivity contribution in [1.82, 2.24) is 5.32 Å². The van der Waals surface area contributed by atoms with Crippen molar-refractivity contribution < 1.29 is 44.5 Å². The van der Waals surface area contributed by atoms with Crippen molar-refractivity contribution in [2.24, 2.45) is 0 Å². The van der Waals surface area contributed by atoms with Crippen molar-refractivity contribution in [3.8, 4) is 11.5 Å². The largest absolute Gasteiger partial charge is 0.504 e. The number of nitrogens with one attached hydrogen (secondary N) is 2. The van der Waals surface area contributed by atoms with Crippen LogP contribution in [-0.2, 0) is 14.3 Å². The number of hydrogen-bond acceptors (Lipinski definition) is 10. The van der Waals surface area contributed by atoms with Crippen LogP contribution < -0.4 is 10.1 Å². The first-order valence-corrected chi connectivity index (χ1v) is 13.6. The molecule has 1 amide bonds. The lowest BCUT2D eigenvalue weighted by Crippen LogP contribution is -2.53. The first-order valence-electron chi connectivity index (χ1n) is 13.6. The topological polar surface area (TPSA) is 182 Å². The second-order valence-electron chi connectivity index (χ2n) is 10.8. The summed E-state index contributed by atoms with van der Waals surface area (Å²) in [4.78, 5) is 12.6. The number of rotatable bonds is 9. The molecule has 11 nitrogen and oxygen atoms in total. The van der Waals surface area contributed by atoms with Crippen LogP contribution in [0, 0.1) is 5.41 Å². The van der Waals surface area contributed by atoms with Crippen molar-refractivity contribution in [1.29, 1.82) is 5.41 Å². The van der Waals surface area contributed by atoms with Gasteiger partial charge in [-0.3, -0.25) is 4.79 Å². The maximum atomic E-state index is 12.6. The first kappa shape index (κ1) is 30.5. The minimum atomic E-state index is -1.18. The van der Waals surface area contributed by atoms with Gasteiger partial charge in [0.25, 0.3) is 0 Å². The van der Waals surface area contributed by atoms with E-state index in [0.717, 1.165) is 0 Å². The minimum absolute atomic E-state index is 0.0497. The standard InChI is InChI=1S/C30H38N2O9/c1-17(28(37)32-27-21(33)7-5-8-22(27)34)12-18-9-10-25(23(35)13-18)40-29-24(36)14-26(41-29)20(31)16-39-19-6-3-4-11-30(2,38)15-19/h3-4,6,9-13,15,21-22,24,26-27,29,31,33-36,38H,5,7-8,14,16H2,1-2H3,(H,32,37)/b17-12+,31-20?/t21-,22+,24-,26-,27?,29?,30?/m0/s1. The smallest absolute Gasteiger partial charge is 0.247 e. The van der Waals surface area contributed by atoms with E-state index in [-0.39, 0.29) is 30.2 Å². The van der Waals surface area contributed by atoms with Crippen LogP contribution in [0.5, 0.6) is 11.5 Å². The summed E-state index contributed by atoms with van der Waals surface area (Å²) in [5.41, 5.74) is -0.280. The molecule has 1 heterocycles. The van der Waals surface area contributed by atoms with Crippen LogP contribution in [-0.4, -0.2) is 86.1 Å². The molecule has 7 N–H and O–H groups in total. The third-order valence-electron chi connectivity index (χ3n) is 7.18. The number of carbonyl (C=O) groups excluding carboxylic acids is 1. The summed E-state index contributed by atoms with van der Waals surface area (Å²) in [6, 6.07) is 3.74. The van der Waals surface area contributed by atoms with Gasteiger partial charge in [0.2, 0.25) is 12.2 Å². The highest BCUT2D eigenvalue weighted by Crippen LogP contribution is 2.32. The summed E-state index contributed by atoms with van der Waals surface area (Å²) in [5.74, 6) is -0.237. The minimum Gasteiger partial charge on any atom is -0.504 e. The summed E-state index contributed by atoms with van der Waals surface area (Å²) in [6.07, 6.45) is 6.99. The van der Waals surface area contributed by atoms with Gasteiger partial charge in [0.1, 0.15) is 30.2 Å². The summed E-state index contributed by atoms with van der Waals surface area (Å²) >= 11 is 0. The molecule has 0 radical (unpaired) electrons. The maximum absolute atomic E-state index is 12.6. The summed E-state index contributed by atoms with van der Waals surface area (Å²) in [7, 11) is 0. The molecule has 1 saturated carbocycles. The van der Waals surface area contributed by atoms with Crippen LogP contribution in [0.1, 0.15) is 45.1 Å². The van der Waals surface area contributed by atoms with Crippen LogP contribution in [0.4, 0.5) is 0 Å². The van der Waals surface area contributed by atoms with Crippen LogP contribution in [0.3, 0.4) is 0 Å². The van der Waals surface area contributed by atoms with E-state index in [2.05, 4.69) is 5.32 Å². The molecule has 0 bridgehead atoms. The van der Waals surface area contributed by atoms with E-state index in [4.69, 9.17) is 19.6 Å². The van der Waals surface area contributed by atoms with Gasteiger partial charge in [-0.2, -0.15) is 0 Å². The Morgan fingerprint density at radius 2 is 1.93 bits per heavy atom. The molecule has 1 aliphatic heterocycles. The lowest BCUT2D eigenvalue weighted by molar-refractivity contribution is -0.121. The number of benzene rings is 1. The zero-order valence-corrected chi connectivity index (χ0v) is 23.1. The lowest BCUT2D eigenvalue weighted by atomic mass is 9.89. The zero-order chi connectivity index (χ0) is 29.7. The van der Waals surface area contributed by atoms with Crippen molar-refractivity contribution in [2.75, 3.05) is 6.61 Å². The predicted molar refractivity (Wildman–Crippen MR) is 150 cm³/mol. The van der Waals surface area contributed by atoms with Gasteiger partial charge in [0.05, 0.1) is 24.0 Å². The highest BCUT2D eigenvalue weighted by atomic mass is 16.7. The van der Waals surface area contributed by atoms with Crippen molar-refractivity contribution in [2.45, 2.75) is 81.9 Å². The van der Waals surface area contributed by atoms with Crippen LogP contribution in [0.25, 0.3) is 6.08 Å². The molecular weight excluding hydrogens is 532 g/mol. The fraction of sp³-hybridized carbons (Fsp3) is 0.467. The number of aliphatic hydroxyl groups is 4. The summed E-state index contributed by atoms with van der Waals surface area (Å²) < 4.78 is 17.1. The number of phenols is 1. The van der Waals surface area contributed by atoms with Gasteiger partial charge in [0, 0.05) is 12.0 Å². The van der Waals surface area contributed by atoms with Crippen molar-refractivity contribution >= 4 is 17.7 Å². The molecule has 0 aromatic heterocycles. The number of allylic oxidation sites excluding steroid dienone is 3. The van der Waals surface area contributed by atoms with Gasteiger partial charge in [0.15, 0.2) is 11.5 Å². The van der Waals surface area contributed by atoms with E-state index in [1.807, 2.05) is 0 Å². The molecule has 0 spiro atoms. The Morgan fingerprint density at radius 1 is 1.20 bits per heavy atom. The van der Waals surface area contributed by atoms with Gasteiger partial charge >= 0.3 is 0 Å². The highest BCUT2D eigenvalue weighted by molar-refractivity contribution is 5.97. The highest BCUT2D eigenvalue weighted by Gasteiger charge is 2.38. The van der Waals surface area contributed by atoms with Crippen LogP contribution >= 0.6 is 0 Å². The molecule has 1 saturated heterocycles. The Bertz CT molecular complexity index is 1240. The van der Waals surface area contributed by atoms with E-state index >= 15 is 0 Å². The Kier molecular flexibility index (Phi) is 9.67. The Labute approximate surface area is 238 Å². The Morgan fingerprint density at radius 3 is 2.63 bits per heavy atom. The number of ether oxygens (including phenoxy) is 3. The molecule has 222 valence electrons. The SMILES string of the molecule is C/C(=C\c1ccc(OC2O[C@H](C(=N)COC3=CC(C)(O)C=CC=C3)C[C@@H]2O)c(O)c1)C(=O)NC1[C@H](O)CCC[C@@H]1O. The van der Waals surface area contributed by atoms with E-state index in [1.165, 1.54) is 18.2 Å². The fourth-order valence-corrected chi connectivity index (χ4v) is 4.87. The van der Waals surface area contributed by atoms with Crippen LogP contribution in [0.2, 0.25) is 0 Å². The quantitative estimate of drug-likeness (QED) is 0.172. The van der Waals surface area contributed by atoms with Gasteiger partial charge in [-0.1, -0.05) is 18.2 Å². The molecule has 1 aromatic carbocycles. The molecule has 3 aliphatic rings. The fourth-order valence-electron chi connectivity index (χ4n) is 4.87. The number of hydrogen-bond donors (Lipinski definition) is 7. The monoisotopic (exact) mass is 570 g/mol. The number of carbonyl (C=O) groups is 1. The molecule has 11 heteroatoms. The Balaban J connectivity index is 1.31. The number of aromatic hydroxyl groups is 1. The third kappa shape index (κ3) is 8.05. The summed E-state index contributed by atoms with van der Waals surface area (Å²) in [5, 5.41) is 62.5. The zero-order valence-electron chi connectivity index (χ0n) is 23.1. The average Bonchev–Trinajstić information content (AvgIpc) is 3.18. The second-order valence-corrected chi connectivity index (χ2v) is 10.8. The van der Waals surface area contributed by atoms with Gasteiger partial charge < -0.3 is 50.5 Å². The van der Waals surface area contributed by atoms with E-state index < -0.39 is 48.3 Å². The number of aliphatic hydroxyl groups excluding tert-OH is 3. The third-order valence-corrected chi connectivity index (χ3v) is 7.18. The number of amides is 1. The van der Waals surface area contributed by atoms with Gasteiger partial charge in [-0.15, -0.1) is 0 Å². The average molecular weight is 571 g/mol. The van der Waals surface area contributed by atoms with E-state index in [0.29, 0.717) is 36.2 Å². The second kappa shape index (κ2) is 13.0. The lowest BCUT2D eigenvalue weighted by Gasteiger charge is -2.32. The van der Waals surface area contributed by atoms with Gasteiger partial charge in [-0.05, 0) is 75.1 Å². The molecule has 2 aliphatic carbocycles. The molecular formula is C30H38N2O9. The molecule has 41 heavy (non-hydrogen) atoms. The van der Waals surface area contributed by atoms with Crippen LogP contribution in [0.15, 0.2) is 59.9 Å². The molecule has 2 fully saturated rings. The molecule has 4 rings (SSSR count). The summed E-state index contributed by atoms with van der Waals surface area (Å²) in [6.45, 7) is 3.08. The molecule has 7 atom stereocenters.